The van der Waals surface area contributed by atoms with Gasteiger partial charge in [-0.1, -0.05) is 42.2 Å². The lowest BCUT2D eigenvalue weighted by atomic mass is 9.99. The molecule has 0 saturated heterocycles. The number of carboxylic acid groups (broad SMARTS) is 1. The van der Waals surface area contributed by atoms with Crippen molar-refractivity contribution in [2.24, 2.45) is 11.3 Å². The van der Waals surface area contributed by atoms with E-state index in [2.05, 4.69) is 5.32 Å². The lowest BCUT2D eigenvalue weighted by Crippen LogP contribution is -2.35. The van der Waals surface area contributed by atoms with Gasteiger partial charge in [-0.3, -0.25) is 4.79 Å². The minimum atomic E-state index is -1.00. The van der Waals surface area contributed by atoms with E-state index in [9.17, 15) is 14.7 Å². The summed E-state index contributed by atoms with van der Waals surface area (Å²) in [6.45, 7) is 3.87. The summed E-state index contributed by atoms with van der Waals surface area (Å²) in [4.78, 5) is 24.0. The highest BCUT2D eigenvalue weighted by atomic mass is 16.4. The first-order valence-electron chi connectivity index (χ1n) is 8.03. The van der Waals surface area contributed by atoms with Gasteiger partial charge in [0.15, 0.2) is 6.04 Å². The van der Waals surface area contributed by atoms with Crippen LogP contribution in [0.4, 0.5) is 0 Å². The number of hydrogen-bond donors (Lipinski definition) is 2. The number of carbonyl (C=O) groups is 2. The zero-order chi connectivity index (χ0) is 15.9. The van der Waals surface area contributed by atoms with E-state index in [1.54, 1.807) is 0 Å². The SMILES string of the molecule is Cc1cc(C)cc(C(NC(=O)C2CC23CCCC3)C(=O)O)c1. The molecule has 0 heterocycles. The maximum absolute atomic E-state index is 12.5. The largest absolute Gasteiger partial charge is 0.479 e. The van der Waals surface area contributed by atoms with Crippen LogP contribution >= 0.6 is 0 Å². The van der Waals surface area contributed by atoms with Crippen molar-refractivity contribution in [2.75, 3.05) is 0 Å². The Morgan fingerprint density at radius 1 is 1.18 bits per heavy atom. The molecule has 2 saturated carbocycles. The molecule has 2 atom stereocenters. The van der Waals surface area contributed by atoms with Gasteiger partial charge in [0.2, 0.25) is 5.91 Å². The Morgan fingerprint density at radius 3 is 2.32 bits per heavy atom. The fourth-order valence-corrected chi connectivity index (χ4v) is 4.06. The zero-order valence-electron chi connectivity index (χ0n) is 13.2. The molecule has 2 fully saturated rings. The van der Waals surface area contributed by atoms with Gasteiger partial charge in [0.05, 0.1) is 0 Å². The van der Waals surface area contributed by atoms with Gasteiger partial charge in [-0.05, 0) is 44.1 Å². The Morgan fingerprint density at radius 2 is 1.77 bits per heavy atom. The molecule has 4 heteroatoms. The van der Waals surface area contributed by atoms with Gasteiger partial charge in [-0.15, -0.1) is 0 Å². The van der Waals surface area contributed by atoms with Gasteiger partial charge in [0.1, 0.15) is 0 Å². The van der Waals surface area contributed by atoms with Crippen LogP contribution in [0.5, 0.6) is 0 Å². The highest BCUT2D eigenvalue weighted by molar-refractivity contribution is 5.88. The van der Waals surface area contributed by atoms with Crippen molar-refractivity contribution < 1.29 is 14.7 Å². The second-order valence-electron chi connectivity index (χ2n) is 7.03. The fourth-order valence-electron chi connectivity index (χ4n) is 4.06. The topological polar surface area (TPSA) is 66.4 Å². The number of aliphatic carboxylic acids is 1. The summed E-state index contributed by atoms with van der Waals surface area (Å²) in [5, 5.41) is 12.3. The summed E-state index contributed by atoms with van der Waals surface area (Å²) >= 11 is 0. The Balaban J connectivity index is 1.75. The number of hydrogen-bond acceptors (Lipinski definition) is 2. The maximum Gasteiger partial charge on any atom is 0.330 e. The number of aryl methyl sites for hydroxylation is 2. The minimum absolute atomic E-state index is 0.0164. The van der Waals surface area contributed by atoms with Crippen LogP contribution in [0.2, 0.25) is 0 Å². The van der Waals surface area contributed by atoms with Crippen LogP contribution in [0, 0.1) is 25.2 Å². The number of carboxylic acids is 1. The second kappa shape index (κ2) is 5.41. The van der Waals surface area contributed by atoms with E-state index in [4.69, 9.17) is 0 Å². The first kappa shape index (κ1) is 15.1. The second-order valence-corrected chi connectivity index (χ2v) is 7.03. The van der Waals surface area contributed by atoms with Gasteiger partial charge in [0, 0.05) is 5.92 Å². The van der Waals surface area contributed by atoms with E-state index in [-0.39, 0.29) is 17.2 Å². The van der Waals surface area contributed by atoms with Crippen molar-refractivity contribution in [3.05, 3.63) is 34.9 Å². The summed E-state index contributed by atoms with van der Waals surface area (Å²) in [5.74, 6) is -1.07. The van der Waals surface area contributed by atoms with Crippen LogP contribution in [0.15, 0.2) is 18.2 Å². The van der Waals surface area contributed by atoms with Crippen LogP contribution in [0.1, 0.15) is 54.8 Å². The lowest BCUT2D eigenvalue weighted by molar-refractivity contribution is -0.142. The van der Waals surface area contributed by atoms with E-state index in [0.29, 0.717) is 5.56 Å². The monoisotopic (exact) mass is 301 g/mol. The average Bonchev–Trinajstić information content (AvgIpc) is 2.92. The van der Waals surface area contributed by atoms with Crippen molar-refractivity contribution in [3.8, 4) is 0 Å². The summed E-state index contributed by atoms with van der Waals surface area (Å²) < 4.78 is 0. The van der Waals surface area contributed by atoms with Crippen molar-refractivity contribution >= 4 is 11.9 Å². The smallest absolute Gasteiger partial charge is 0.330 e. The number of benzene rings is 1. The minimum Gasteiger partial charge on any atom is -0.479 e. The van der Waals surface area contributed by atoms with Crippen molar-refractivity contribution in [2.45, 2.75) is 52.0 Å². The summed E-state index contributed by atoms with van der Waals surface area (Å²) in [5.41, 5.74) is 2.86. The molecule has 0 bridgehead atoms. The molecule has 0 radical (unpaired) electrons. The van der Waals surface area contributed by atoms with Gasteiger partial charge in [0.25, 0.3) is 0 Å². The molecule has 22 heavy (non-hydrogen) atoms. The number of amides is 1. The molecular formula is C18H23NO3. The first-order chi connectivity index (χ1) is 10.4. The van der Waals surface area contributed by atoms with Crippen molar-refractivity contribution in [1.82, 2.24) is 5.32 Å². The molecule has 1 aromatic carbocycles. The Labute approximate surface area is 130 Å². The normalized spacial score (nSPS) is 23.3. The van der Waals surface area contributed by atoms with Crippen LogP contribution in [0.25, 0.3) is 0 Å². The van der Waals surface area contributed by atoms with E-state index < -0.39 is 12.0 Å². The fraction of sp³-hybridized carbons (Fsp3) is 0.556. The third-order valence-corrected chi connectivity index (χ3v) is 5.22. The van der Waals surface area contributed by atoms with Crippen molar-refractivity contribution in [3.63, 3.8) is 0 Å². The molecule has 1 aromatic rings. The molecule has 2 aliphatic carbocycles. The van der Waals surface area contributed by atoms with Crippen molar-refractivity contribution in [1.29, 1.82) is 0 Å². The molecule has 0 aliphatic heterocycles. The highest BCUT2D eigenvalue weighted by Gasteiger charge is 2.58. The predicted molar refractivity (Wildman–Crippen MR) is 83.4 cm³/mol. The highest BCUT2D eigenvalue weighted by Crippen LogP contribution is 2.62. The van der Waals surface area contributed by atoms with Gasteiger partial charge < -0.3 is 10.4 Å². The third kappa shape index (κ3) is 2.74. The quantitative estimate of drug-likeness (QED) is 0.898. The Hall–Kier alpha value is -1.84. The molecule has 2 N–H and O–H groups in total. The van der Waals surface area contributed by atoms with E-state index in [0.717, 1.165) is 30.4 Å². The van der Waals surface area contributed by atoms with Crippen LogP contribution < -0.4 is 5.32 Å². The molecule has 2 unspecified atom stereocenters. The van der Waals surface area contributed by atoms with Crippen LogP contribution in [0.3, 0.4) is 0 Å². The van der Waals surface area contributed by atoms with Crippen LogP contribution in [-0.2, 0) is 9.59 Å². The first-order valence-corrected chi connectivity index (χ1v) is 8.03. The van der Waals surface area contributed by atoms with E-state index in [1.165, 1.54) is 12.8 Å². The molecule has 3 rings (SSSR count). The predicted octanol–water partition coefficient (Wildman–Crippen LogP) is 3.13. The number of rotatable bonds is 4. The average molecular weight is 301 g/mol. The third-order valence-electron chi connectivity index (χ3n) is 5.22. The van der Waals surface area contributed by atoms with Gasteiger partial charge in [-0.2, -0.15) is 0 Å². The maximum atomic E-state index is 12.5. The van der Waals surface area contributed by atoms with E-state index in [1.807, 2.05) is 32.0 Å². The van der Waals surface area contributed by atoms with Crippen LogP contribution in [-0.4, -0.2) is 17.0 Å². The standard InChI is InChI=1S/C18H23NO3/c1-11-7-12(2)9-13(8-11)15(17(21)22)19-16(20)14-10-18(14)5-3-4-6-18/h7-9,14-15H,3-6,10H2,1-2H3,(H,19,20)(H,21,22). The summed E-state index contributed by atoms with van der Waals surface area (Å²) in [6.07, 6.45) is 5.56. The summed E-state index contributed by atoms with van der Waals surface area (Å²) in [6, 6.07) is 4.72. The summed E-state index contributed by atoms with van der Waals surface area (Å²) in [7, 11) is 0. The number of carbonyl (C=O) groups excluding carboxylic acids is 1. The zero-order valence-corrected chi connectivity index (χ0v) is 13.2. The molecule has 0 aromatic heterocycles. The molecular weight excluding hydrogens is 278 g/mol. The molecule has 1 amide bonds. The van der Waals surface area contributed by atoms with E-state index >= 15 is 0 Å². The molecule has 1 spiro atoms. The Bertz CT molecular complexity index is 597. The Kier molecular flexibility index (Phi) is 3.71. The lowest BCUT2D eigenvalue weighted by Gasteiger charge is -2.17. The van der Waals surface area contributed by atoms with Gasteiger partial charge in [-0.25, -0.2) is 4.79 Å². The molecule has 2 aliphatic rings. The molecule has 4 nitrogen and oxygen atoms in total. The van der Waals surface area contributed by atoms with Gasteiger partial charge >= 0.3 is 5.97 Å². The number of nitrogens with one attached hydrogen (secondary N) is 1. The molecule has 118 valence electrons.